The van der Waals surface area contributed by atoms with Crippen molar-refractivity contribution in [3.8, 4) is 11.3 Å². The summed E-state index contributed by atoms with van der Waals surface area (Å²) in [7, 11) is 0. The van der Waals surface area contributed by atoms with Crippen LogP contribution in [0.5, 0.6) is 0 Å². The minimum absolute atomic E-state index is 0.122. The molecule has 2 saturated heterocycles. The summed E-state index contributed by atoms with van der Waals surface area (Å²) in [4.78, 5) is 14.0. The number of amides is 1. The van der Waals surface area contributed by atoms with Gasteiger partial charge in [0.2, 0.25) is 0 Å². The van der Waals surface area contributed by atoms with E-state index in [1.807, 2.05) is 46.1 Å². The van der Waals surface area contributed by atoms with Crippen LogP contribution < -0.4 is 0 Å². The molecule has 3 heterocycles. The van der Waals surface area contributed by atoms with Gasteiger partial charge in [0, 0.05) is 25.3 Å². The normalized spacial score (nSPS) is 21.8. The number of carbonyl (C=O) groups excluding carboxylic acids is 1. The maximum Gasteiger partial charge on any atom is 0.251 e. The molecule has 2 aliphatic heterocycles. The SMILES string of the molecule is O=C(C1CCCO1)N1CC(n2cc(-c3ccccc3)nn2)C1. The van der Waals surface area contributed by atoms with Gasteiger partial charge in [-0.15, -0.1) is 5.10 Å². The molecule has 1 aromatic carbocycles. The van der Waals surface area contributed by atoms with Crippen molar-refractivity contribution in [3.63, 3.8) is 0 Å². The van der Waals surface area contributed by atoms with Gasteiger partial charge in [0.15, 0.2) is 0 Å². The summed E-state index contributed by atoms with van der Waals surface area (Å²) in [5.41, 5.74) is 1.92. The summed E-state index contributed by atoms with van der Waals surface area (Å²) in [6, 6.07) is 10.2. The molecule has 0 aliphatic carbocycles. The van der Waals surface area contributed by atoms with Crippen molar-refractivity contribution >= 4 is 5.91 Å². The Morgan fingerprint density at radius 1 is 1.23 bits per heavy atom. The maximum atomic E-state index is 12.2. The van der Waals surface area contributed by atoms with Crippen LogP contribution in [0.15, 0.2) is 36.5 Å². The Hall–Kier alpha value is -2.21. The number of ether oxygens (including phenoxy) is 1. The second-order valence-electron chi connectivity index (χ2n) is 5.85. The van der Waals surface area contributed by atoms with Gasteiger partial charge in [-0.05, 0) is 12.8 Å². The summed E-state index contributed by atoms with van der Waals surface area (Å²) in [5.74, 6) is 0.122. The lowest BCUT2D eigenvalue weighted by Gasteiger charge is -2.39. The third kappa shape index (κ3) is 2.39. The van der Waals surface area contributed by atoms with Crippen LogP contribution in [0.3, 0.4) is 0 Å². The fraction of sp³-hybridized carbons (Fsp3) is 0.438. The van der Waals surface area contributed by atoms with Crippen molar-refractivity contribution < 1.29 is 9.53 Å². The van der Waals surface area contributed by atoms with E-state index in [4.69, 9.17) is 4.74 Å². The average Bonchev–Trinajstić information content (AvgIpc) is 3.18. The molecule has 0 spiro atoms. The molecule has 2 aliphatic rings. The zero-order chi connectivity index (χ0) is 14.9. The van der Waals surface area contributed by atoms with Gasteiger partial charge in [-0.3, -0.25) is 4.79 Å². The Labute approximate surface area is 128 Å². The van der Waals surface area contributed by atoms with Crippen molar-refractivity contribution in [2.75, 3.05) is 19.7 Å². The van der Waals surface area contributed by atoms with Crippen LogP contribution in [0.1, 0.15) is 18.9 Å². The molecule has 0 N–H and O–H groups in total. The van der Waals surface area contributed by atoms with Crippen molar-refractivity contribution in [2.24, 2.45) is 0 Å². The van der Waals surface area contributed by atoms with E-state index in [0.717, 1.165) is 24.1 Å². The standard InChI is InChI=1S/C16H18N4O2/c21-16(15-7-4-8-22-15)19-9-13(10-19)20-11-14(17-18-20)12-5-2-1-3-6-12/h1-3,5-6,11,13,15H,4,7-10H2. The van der Waals surface area contributed by atoms with Crippen LogP contribution in [0.4, 0.5) is 0 Å². The van der Waals surface area contributed by atoms with Gasteiger partial charge < -0.3 is 9.64 Å². The minimum atomic E-state index is -0.225. The van der Waals surface area contributed by atoms with Gasteiger partial charge in [0.1, 0.15) is 11.8 Å². The predicted octanol–water partition coefficient (Wildman–Crippen LogP) is 1.51. The van der Waals surface area contributed by atoms with Crippen LogP contribution in [-0.2, 0) is 9.53 Å². The highest BCUT2D eigenvalue weighted by Gasteiger charge is 2.37. The van der Waals surface area contributed by atoms with E-state index >= 15 is 0 Å². The third-order valence-electron chi connectivity index (χ3n) is 4.33. The average molecular weight is 298 g/mol. The van der Waals surface area contributed by atoms with Gasteiger partial charge in [-0.1, -0.05) is 35.5 Å². The van der Waals surface area contributed by atoms with Crippen LogP contribution in [0.25, 0.3) is 11.3 Å². The fourth-order valence-electron chi connectivity index (χ4n) is 2.97. The number of rotatable bonds is 3. The fourth-order valence-corrected chi connectivity index (χ4v) is 2.97. The first-order valence-corrected chi connectivity index (χ1v) is 7.69. The molecule has 6 heteroatoms. The molecule has 114 valence electrons. The summed E-state index contributed by atoms with van der Waals surface area (Å²) < 4.78 is 7.31. The van der Waals surface area contributed by atoms with Crippen LogP contribution in [0.2, 0.25) is 0 Å². The Morgan fingerprint density at radius 2 is 2.05 bits per heavy atom. The number of likely N-dealkylation sites (tertiary alicyclic amines) is 1. The molecule has 1 aromatic heterocycles. The van der Waals surface area contributed by atoms with Crippen LogP contribution >= 0.6 is 0 Å². The first-order valence-electron chi connectivity index (χ1n) is 7.69. The topological polar surface area (TPSA) is 60.2 Å². The molecule has 4 rings (SSSR count). The van der Waals surface area contributed by atoms with E-state index in [0.29, 0.717) is 19.7 Å². The number of hydrogen-bond acceptors (Lipinski definition) is 4. The van der Waals surface area contributed by atoms with E-state index in [9.17, 15) is 4.79 Å². The lowest BCUT2D eigenvalue weighted by molar-refractivity contribution is -0.147. The molecule has 6 nitrogen and oxygen atoms in total. The van der Waals surface area contributed by atoms with E-state index < -0.39 is 0 Å². The van der Waals surface area contributed by atoms with Gasteiger partial charge in [-0.2, -0.15) is 0 Å². The molecule has 0 saturated carbocycles. The van der Waals surface area contributed by atoms with E-state index in [1.54, 1.807) is 0 Å². The molecule has 1 unspecified atom stereocenters. The monoisotopic (exact) mass is 298 g/mol. The second-order valence-corrected chi connectivity index (χ2v) is 5.85. The highest BCUT2D eigenvalue weighted by Crippen LogP contribution is 2.25. The van der Waals surface area contributed by atoms with E-state index in [2.05, 4.69) is 10.3 Å². The number of hydrogen-bond donors (Lipinski definition) is 0. The Kier molecular flexibility index (Phi) is 3.38. The molecule has 2 fully saturated rings. The first kappa shape index (κ1) is 13.5. The number of carbonyl (C=O) groups is 1. The van der Waals surface area contributed by atoms with E-state index in [1.165, 1.54) is 0 Å². The Morgan fingerprint density at radius 3 is 2.77 bits per heavy atom. The lowest BCUT2D eigenvalue weighted by atomic mass is 10.1. The molecule has 1 atom stereocenters. The summed E-state index contributed by atoms with van der Waals surface area (Å²) in [5, 5.41) is 8.42. The number of benzene rings is 1. The summed E-state index contributed by atoms with van der Waals surface area (Å²) in [6.07, 6.45) is 3.56. The molecule has 22 heavy (non-hydrogen) atoms. The molecular formula is C16H18N4O2. The van der Waals surface area contributed by atoms with E-state index in [-0.39, 0.29) is 18.1 Å². The molecule has 0 radical (unpaired) electrons. The van der Waals surface area contributed by atoms with Crippen LogP contribution in [-0.4, -0.2) is 51.6 Å². The highest BCUT2D eigenvalue weighted by molar-refractivity contribution is 5.82. The predicted molar refractivity (Wildman–Crippen MR) is 80.0 cm³/mol. The maximum absolute atomic E-state index is 12.2. The molecular weight excluding hydrogens is 280 g/mol. The number of aromatic nitrogens is 3. The largest absolute Gasteiger partial charge is 0.368 e. The van der Waals surface area contributed by atoms with Crippen molar-refractivity contribution in [1.29, 1.82) is 0 Å². The Balaban J connectivity index is 1.39. The van der Waals surface area contributed by atoms with Gasteiger partial charge >= 0.3 is 0 Å². The van der Waals surface area contributed by atoms with Crippen LogP contribution in [0, 0.1) is 0 Å². The van der Waals surface area contributed by atoms with Gasteiger partial charge in [-0.25, -0.2) is 4.68 Å². The quantitative estimate of drug-likeness (QED) is 0.862. The molecule has 1 amide bonds. The molecule has 2 aromatic rings. The lowest BCUT2D eigenvalue weighted by Crippen LogP contribution is -2.53. The zero-order valence-corrected chi connectivity index (χ0v) is 12.3. The highest BCUT2D eigenvalue weighted by atomic mass is 16.5. The smallest absolute Gasteiger partial charge is 0.251 e. The molecule has 0 bridgehead atoms. The number of nitrogens with zero attached hydrogens (tertiary/aromatic N) is 4. The summed E-state index contributed by atoms with van der Waals surface area (Å²) >= 11 is 0. The minimum Gasteiger partial charge on any atom is -0.368 e. The third-order valence-corrected chi connectivity index (χ3v) is 4.33. The van der Waals surface area contributed by atoms with Crippen molar-refractivity contribution in [3.05, 3.63) is 36.5 Å². The Bertz CT molecular complexity index is 658. The van der Waals surface area contributed by atoms with Gasteiger partial charge in [0.25, 0.3) is 5.91 Å². The first-order chi connectivity index (χ1) is 10.8. The summed E-state index contributed by atoms with van der Waals surface area (Å²) in [6.45, 7) is 2.09. The van der Waals surface area contributed by atoms with Crippen molar-refractivity contribution in [1.82, 2.24) is 19.9 Å². The van der Waals surface area contributed by atoms with Gasteiger partial charge in [0.05, 0.1) is 12.2 Å². The second kappa shape index (κ2) is 5.53. The zero-order valence-electron chi connectivity index (χ0n) is 12.3. The van der Waals surface area contributed by atoms with Crippen molar-refractivity contribution in [2.45, 2.75) is 25.0 Å².